The highest BCUT2D eigenvalue weighted by Gasteiger charge is 2.38. The van der Waals surface area contributed by atoms with E-state index in [1.807, 2.05) is 12.3 Å². The number of nitrogens with one attached hydrogen (secondary N) is 1. The van der Waals surface area contributed by atoms with Gasteiger partial charge < -0.3 is 5.32 Å². The summed E-state index contributed by atoms with van der Waals surface area (Å²) in [4.78, 5) is 7.03. The highest BCUT2D eigenvalue weighted by Crippen LogP contribution is 2.33. The first kappa shape index (κ1) is 11.2. The van der Waals surface area contributed by atoms with Crippen molar-refractivity contribution >= 4 is 0 Å². The number of pyridine rings is 1. The maximum Gasteiger partial charge on any atom is 0.0541 e. The second kappa shape index (κ2) is 4.75. The van der Waals surface area contributed by atoms with Crippen LogP contribution in [0, 0.1) is 0 Å². The van der Waals surface area contributed by atoms with Crippen LogP contribution in [0.15, 0.2) is 24.4 Å². The molecule has 1 saturated carbocycles. The lowest BCUT2D eigenvalue weighted by molar-refractivity contribution is 0.255. The molecule has 2 heterocycles. The highest BCUT2D eigenvalue weighted by molar-refractivity contribution is 5.04. The molecule has 2 fully saturated rings. The van der Waals surface area contributed by atoms with Crippen LogP contribution in [0.25, 0.3) is 0 Å². The van der Waals surface area contributed by atoms with E-state index in [2.05, 4.69) is 34.3 Å². The van der Waals surface area contributed by atoms with Gasteiger partial charge in [-0.1, -0.05) is 6.07 Å². The van der Waals surface area contributed by atoms with Gasteiger partial charge in [-0.25, -0.2) is 0 Å². The summed E-state index contributed by atoms with van der Waals surface area (Å²) >= 11 is 0. The summed E-state index contributed by atoms with van der Waals surface area (Å²) in [6.07, 6.45) is 5.97. The molecule has 3 heteroatoms. The summed E-state index contributed by atoms with van der Waals surface area (Å²) in [5.74, 6) is 0. The van der Waals surface area contributed by atoms with Gasteiger partial charge in [-0.3, -0.25) is 9.88 Å². The third-order valence-electron chi connectivity index (χ3n) is 3.94. The van der Waals surface area contributed by atoms with Crippen LogP contribution in [-0.4, -0.2) is 34.6 Å². The van der Waals surface area contributed by atoms with Crippen LogP contribution in [0.5, 0.6) is 0 Å². The molecular formula is C14H21N3. The SMILES string of the molecule is CC1CC(NCc2ccccn2)CN1C1CC1. The Kier molecular flexibility index (Phi) is 3.12. The Balaban J connectivity index is 1.50. The molecule has 1 N–H and O–H groups in total. The molecule has 0 spiro atoms. The van der Waals surface area contributed by atoms with Crippen molar-refractivity contribution < 1.29 is 0 Å². The first-order valence-electron chi connectivity index (χ1n) is 6.72. The average molecular weight is 231 g/mol. The lowest BCUT2D eigenvalue weighted by Crippen LogP contribution is -2.34. The van der Waals surface area contributed by atoms with Crippen LogP contribution in [0.1, 0.15) is 31.9 Å². The largest absolute Gasteiger partial charge is 0.307 e. The summed E-state index contributed by atoms with van der Waals surface area (Å²) in [5, 5.41) is 3.64. The van der Waals surface area contributed by atoms with Gasteiger partial charge in [-0.15, -0.1) is 0 Å². The fraction of sp³-hybridized carbons (Fsp3) is 0.643. The lowest BCUT2D eigenvalue weighted by Gasteiger charge is -2.19. The summed E-state index contributed by atoms with van der Waals surface area (Å²) in [6.45, 7) is 4.48. The minimum absolute atomic E-state index is 0.646. The minimum Gasteiger partial charge on any atom is -0.307 e. The molecule has 1 aromatic heterocycles. The lowest BCUT2D eigenvalue weighted by atomic mass is 10.2. The van der Waals surface area contributed by atoms with Crippen molar-refractivity contribution in [3.63, 3.8) is 0 Å². The van der Waals surface area contributed by atoms with E-state index in [1.54, 1.807) is 0 Å². The molecule has 3 rings (SSSR count). The van der Waals surface area contributed by atoms with E-state index in [0.29, 0.717) is 6.04 Å². The van der Waals surface area contributed by atoms with Gasteiger partial charge in [0.25, 0.3) is 0 Å². The van der Waals surface area contributed by atoms with Crippen LogP contribution in [-0.2, 0) is 6.54 Å². The summed E-state index contributed by atoms with van der Waals surface area (Å²) in [5.41, 5.74) is 1.14. The Morgan fingerprint density at radius 3 is 3.00 bits per heavy atom. The minimum atomic E-state index is 0.646. The molecule has 0 amide bonds. The van der Waals surface area contributed by atoms with Crippen LogP contribution in [0.2, 0.25) is 0 Å². The molecule has 1 aliphatic heterocycles. The Labute approximate surface area is 103 Å². The van der Waals surface area contributed by atoms with Crippen LogP contribution in [0.4, 0.5) is 0 Å². The Morgan fingerprint density at radius 2 is 2.29 bits per heavy atom. The number of nitrogens with zero attached hydrogens (tertiary/aromatic N) is 2. The predicted molar refractivity (Wildman–Crippen MR) is 68.7 cm³/mol. The number of rotatable bonds is 4. The van der Waals surface area contributed by atoms with Crippen molar-refractivity contribution in [3.8, 4) is 0 Å². The molecule has 1 saturated heterocycles. The third kappa shape index (κ3) is 2.67. The fourth-order valence-corrected chi connectivity index (χ4v) is 2.87. The molecule has 3 nitrogen and oxygen atoms in total. The standard InChI is InChI=1S/C14H21N3/c1-11-8-13(10-17(11)14-5-6-14)16-9-12-4-2-3-7-15-12/h2-4,7,11,13-14,16H,5-6,8-10H2,1H3. The van der Waals surface area contributed by atoms with E-state index in [9.17, 15) is 0 Å². The van der Waals surface area contributed by atoms with E-state index >= 15 is 0 Å². The molecule has 0 bridgehead atoms. The van der Waals surface area contributed by atoms with E-state index in [0.717, 1.165) is 24.3 Å². The van der Waals surface area contributed by atoms with E-state index in [4.69, 9.17) is 0 Å². The first-order chi connectivity index (χ1) is 8.33. The molecule has 1 aliphatic carbocycles. The first-order valence-corrected chi connectivity index (χ1v) is 6.72. The quantitative estimate of drug-likeness (QED) is 0.856. The molecule has 92 valence electrons. The highest BCUT2D eigenvalue weighted by atomic mass is 15.3. The number of hydrogen-bond acceptors (Lipinski definition) is 3. The average Bonchev–Trinajstić information content (AvgIpc) is 3.12. The normalized spacial score (nSPS) is 29.7. The molecular weight excluding hydrogens is 210 g/mol. The topological polar surface area (TPSA) is 28.2 Å². The molecule has 2 atom stereocenters. The molecule has 2 aliphatic rings. The molecule has 0 radical (unpaired) electrons. The van der Waals surface area contributed by atoms with Gasteiger partial charge in [0.1, 0.15) is 0 Å². The van der Waals surface area contributed by atoms with Gasteiger partial charge in [0.15, 0.2) is 0 Å². The Bertz CT molecular complexity index is 361. The van der Waals surface area contributed by atoms with Crippen molar-refractivity contribution in [1.82, 2.24) is 15.2 Å². The van der Waals surface area contributed by atoms with Crippen molar-refractivity contribution in [3.05, 3.63) is 30.1 Å². The van der Waals surface area contributed by atoms with Gasteiger partial charge >= 0.3 is 0 Å². The molecule has 17 heavy (non-hydrogen) atoms. The van der Waals surface area contributed by atoms with E-state index in [-0.39, 0.29) is 0 Å². The number of hydrogen-bond donors (Lipinski definition) is 1. The van der Waals surface area contributed by atoms with Gasteiger partial charge in [0, 0.05) is 37.4 Å². The monoisotopic (exact) mass is 231 g/mol. The smallest absolute Gasteiger partial charge is 0.0541 e. The maximum atomic E-state index is 4.35. The van der Waals surface area contributed by atoms with Gasteiger partial charge in [0.05, 0.1) is 5.69 Å². The van der Waals surface area contributed by atoms with Gasteiger partial charge in [-0.05, 0) is 38.3 Å². The zero-order valence-electron chi connectivity index (χ0n) is 10.5. The molecule has 0 aromatic carbocycles. The summed E-state index contributed by atoms with van der Waals surface area (Å²) in [6, 6.07) is 8.40. The Morgan fingerprint density at radius 1 is 1.41 bits per heavy atom. The second-order valence-corrected chi connectivity index (χ2v) is 5.41. The summed E-state index contributed by atoms with van der Waals surface area (Å²) in [7, 11) is 0. The van der Waals surface area contributed by atoms with E-state index in [1.165, 1.54) is 25.8 Å². The van der Waals surface area contributed by atoms with Crippen molar-refractivity contribution in [2.45, 2.75) is 50.9 Å². The zero-order valence-corrected chi connectivity index (χ0v) is 10.5. The number of likely N-dealkylation sites (tertiary alicyclic amines) is 1. The summed E-state index contributed by atoms with van der Waals surface area (Å²) < 4.78 is 0. The van der Waals surface area contributed by atoms with Crippen molar-refractivity contribution in [1.29, 1.82) is 0 Å². The Hall–Kier alpha value is -0.930. The predicted octanol–water partition coefficient (Wildman–Crippen LogP) is 1.80. The van der Waals surface area contributed by atoms with Gasteiger partial charge in [0.2, 0.25) is 0 Å². The fourth-order valence-electron chi connectivity index (χ4n) is 2.87. The van der Waals surface area contributed by atoms with E-state index < -0.39 is 0 Å². The zero-order chi connectivity index (χ0) is 11.7. The van der Waals surface area contributed by atoms with Gasteiger partial charge in [-0.2, -0.15) is 0 Å². The second-order valence-electron chi connectivity index (χ2n) is 5.41. The molecule has 1 aromatic rings. The van der Waals surface area contributed by atoms with Crippen molar-refractivity contribution in [2.24, 2.45) is 0 Å². The molecule has 2 unspecified atom stereocenters. The number of aromatic nitrogens is 1. The van der Waals surface area contributed by atoms with Crippen LogP contribution >= 0.6 is 0 Å². The maximum absolute atomic E-state index is 4.35. The van der Waals surface area contributed by atoms with Crippen LogP contribution in [0.3, 0.4) is 0 Å². The third-order valence-corrected chi connectivity index (χ3v) is 3.94. The van der Waals surface area contributed by atoms with Crippen LogP contribution < -0.4 is 5.32 Å². The van der Waals surface area contributed by atoms with Crippen molar-refractivity contribution in [2.75, 3.05) is 6.54 Å².